The molecule has 0 aromatic heterocycles. The van der Waals surface area contributed by atoms with Crippen LogP contribution in [0.25, 0.3) is 0 Å². The van der Waals surface area contributed by atoms with Crippen molar-refractivity contribution in [2.45, 2.75) is 12.5 Å². The summed E-state index contributed by atoms with van der Waals surface area (Å²) in [6.07, 6.45) is 2.39. The maximum atomic E-state index is 12.4. The lowest BCUT2D eigenvalue weighted by molar-refractivity contribution is -0.142. The van der Waals surface area contributed by atoms with E-state index >= 15 is 0 Å². The van der Waals surface area contributed by atoms with Crippen LogP contribution in [0.2, 0.25) is 5.02 Å². The van der Waals surface area contributed by atoms with Gasteiger partial charge in [0.2, 0.25) is 0 Å². The van der Waals surface area contributed by atoms with Crippen molar-refractivity contribution in [3.05, 3.63) is 22.7 Å². The molecule has 128 valence electrons. The minimum atomic E-state index is -0.716. The number of hydrogen-bond donors (Lipinski definition) is 1. The van der Waals surface area contributed by atoms with Gasteiger partial charge in [-0.15, -0.1) is 0 Å². The van der Waals surface area contributed by atoms with Crippen LogP contribution in [0.3, 0.4) is 0 Å². The summed E-state index contributed by atoms with van der Waals surface area (Å²) in [5.41, 5.74) is 0.269. The molecule has 0 spiro atoms. The summed E-state index contributed by atoms with van der Waals surface area (Å²) in [6.45, 7) is 0. The summed E-state index contributed by atoms with van der Waals surface area (Å²) in [5.74, 6) is 0.469. The van der Waals surface area contributed by atoms with E-state index in [0.717, 1.165) is 0 Å². The standard InChI is InChI=1S/C15H20ClNO5S/c1-20-12-8-9(7-10(16)13(12)21-2)14(18)17-11(5-6-23-4)15(19)22-3/h7-8,11H,5-6H2,1-4H3,(H,17,18)/t11-/m1/s1. The van der Waals surface area contributed by atoms with Crippen LogP contribution in [0.15, 0.2) is 12.1 Å². The summed E-state index contributed by atoms with van der Waals surface area (Å²) in [5, 5.41) is 2.90. The lowest BCUT2D eigenvalue weighted by Crippen LogP contribution is -2.41. The van der Waals surface area contributed by atoms with Crippen molar-refractivity contribution in [3.63, 3.8) is 0 Å². The summed E-state index contributed by atoms with van der Waals surface area (Å²) >= 11 is 7.67. The number of nitrogens with one attached hydrogen (secondary N) is 1. The second kappa shape index (κ2) is 9.52. The Kier molecular flexibility index (Phi) is 8.05. The maximum absolute atomic E-state index is 12.4. The van der Waals surface area contributed by atoms with Crippen LogP contribution in [-0.2, 0) is 9.53 Å². The summed E-state index contributed by atoms with van der Waals surface area (Å²) < 4.78 is 15.0. The van der Waals surface area contributed by atoms with Gasteiger partial charge in [-0.05, 0) is 30.6 Å². The molecule has 1 rings (SSSR count). The highest BCUT2D eigenvalue weighted by molar-refractivity contribution is 7.98. The van der Waals surface area contributed by atoms with E-state index < -0.39 is 17.9 Å². The van der Waals surface area contributed by atoms with Gasteiger partial charge in [0, 0.05) is 5.56 Å². The quantitative estimate of drug-likeness (QED) is 0.717. The number of ether oxygens (including phenoxy) is 3. The Morgan fingerprint density at radius 3 is 2.48 bits per heavy atom. The molecule has 1 aromatic carbocycles. The van der Waals surface area contributed by atoms with Crippen LogP contribution in [0.1, 0.15) is 16.8 Å². The second-order valence-corrected chi connectivity index (χ2v) is 5.92. The first-order chi connectivity index (χ1) is 11.0. The second-order valence-electron chi connectivity index (χ2n) is 4.52. The fourth-order valence-electron chi connectivity index (χ4n) is 1.92. The first-order valence-electron chi connectivity index (χ1n) is 6.77. The molecule has 0 unspecified atom stereocenters. The van der Waals surface area contributed by atoms with Crippen LogP contribution in [0, 0.1) is 0 Å². The number of methoxy groups -OCH3 is 3. The first-order valence-corrected chi connectivity index (χ1v) is 8.54. The predicted molar refractivity (Wildman–Crippen MR) is 90.8 cm³/mol. The molecule has 0 fully saturated rings. The minimum absolute atomic E-state index is 0.246. The van der Waals surface area contributed by atoms with E-state index in [0.29, 0.717) is 23.7 Å². The first kappa shape index (κ1) is 19.4. The van der Waals surface area contributed by atoms with Gasteiger partial charge in [-0.25, -0.2) is 4.79 Å². The number of benzene rings is 1. The Morgan fingerprint density at radius 1 is 1.26 bits per heavy atom. The van der Waals surface area contributed by atoms with Crippen LogP contribution >= 0.6 is 23.4 Å². The average Bonchev–Trinajstić information content (AvgIpc) is 2.56. The summed E-state index contributed by atoms with van der Waals surface area (Å²) in [6, 6.07) is 2.25. The van der Waals surface area contributed by atoms with Gasteiger partial charge in [-0.3, -0.25) is 4.79 Å². The zero-order valence-corrected chi connectivity index (χ0v) is 15.0. The Balaban J connectivity index is 2.99. The molecule has 0 radical (unpaired) electrons. The Hall–Kier alpha value is -1.60. The highest BCUT2D eigenvalue weighted by atomic mass is 35.5. The molecule has 1 aromatic rings. The Morgan fingerprint density at radius 2 is 1.96 bits per heavy atom. The van der Waals surface area contributed by atoms with E-state index in [1.807, 2.05) is 6.26 Å². The van der Waals surface area contributed by atoms with Crippen molar-refractivity contribution < 1.29 is 23.8 Å². The van der Waals surface area contributed by atoms with Gasteiger partial charge in [0.05, 0.1) is 26.4 Å². The predicted octanol–water partition coefficient (Wildman–Crippen LogP) is 2.38. The minimum Gasteiger partial charge on any atom is -0.493 e. The molecule has 23 heavy (non-hydrogen) atoms. The Labute approximate surface area is 144 Å². The molecule has 0 aliphatic carbocycles. The SMILES string of the molecule is COC(=O)[C@@H](CCSC)NC(=O)c1cc(Cl)c(OC)c(OC)c1. The number of esters is 1. The van der Waals surface area contributed by atoms with Gasteiger partial charge in [0.25, 0.3) is 5.91 Å². The number of amides is 1. The molecule has 0 heterocycles. The molecule has 0 aliphatic heterocycles. The molecule has 0 aliphatic rings. The summed E-state index contributed by atoms with van der Waals surface area (Å²) in [4.78, 5) is 24.1. The van der Waals surface area contributed by atoms with Crippen molar-refractivity contribution >= 4 is 35.2 Å². The van der Waals surface area contributed by atoms with E-state index in [9.17, 15) is 9.59 Å². The number of carbonyl (C=O) groups is 2. The van der Waals surface area contributed by atoms with E-state index in [-0.39, 0.29) is 10.6 Å². The number of rotatable bonds is 8. The monoisotopic (exact) mass is 361 g/mol. The third-order valence-corrected chi connectivity index (χ3v) is 4.02. The molecule has 6 nitrogen and oxygen atoms in total. The zero-order valence-electron chi connectivity index (χ0n) is 13.5. The molecule has 0 saturated carbocycles. The van der Waals surface area contributed by atoms with E-state index in [1.165, 1.54) is 33.5 Å². The molecule has 8 heteroatoms. The van der Waals surface area contributed by atoms with Crippen LogP contribution in [-0.4, -0.2) is 51.3 Å². The van der Waals surface area contributed by atoms with Gasteiger partial charge < -0.3 is 19.5 Å². The fraction of sp³-hybridized carbons (Fsp3) is 0.467. The topological polar surface area (TPSA) is 73.9 Å². The van der Waals surface area contributed by atoms with Crippen molar-refractivity contribution in [3.8, 4) is 11.5 Å². The van der Waals surface area contributed by atoms with E-state index in [1.54, 1.807) is 11.8 Å². The largest absolute Gasteiger partial charge is 0.493 e. The molecule has 1 amide bonds. The maximum Gasteiger partial charge on any atom is 0.328 e. The molecule has 1 atom stereocenters. The van der Waals surface area contributed by atoms with Crippen LogP contribution in [0.4, 0.5) is 0 Å². The fourth-order valence-corrected chi connectivity index (χ4v) is 2.68. The highest BCUT2D eigenvalue weighted by Crippen LogP contribution is 2.36. The lowest BCUT2D eigenvalue weighted by Gasteiger charge is -2.17. The van der Waals surface area contributed by atoms with Gasteiger partial charge in [0.1, 0.15) is 6.04 Å². The molecular weight excluding hydrogens is 342 g/mol. The Bertz CT molecular complexity index is 567. The highest BCUT2D eigenvalue weighted by Gasteiger charge is 2.23. The average molecular weight is 362 g/mol. The van der Waals surface area contributed by atoms with Crippen molar-refractivity contribution in [1.29, 1.82) is 0 Å². The van der Waals surface area contributed by atoms with Gasteiger partial charge in [0.15, 0.2) is 11.5 Å². The van der Waals surface area contributed by atoms with E-state index in [2.05, 4.69) is 5.32 Å². The number of hydrogen-bond acceptors (Lipinski definition) is 6. The van der Waals surface area contributed by atoms with Crippen molar-refractivity contribution in [2.75, 3.05) is 33.3 Å². The van der Waals surface area contributed by atoms with E-state index in [4.69, 9.17) is 25.8 Å². The lowest BCUT2D eigenvalue weighted by atomic mass is 10.1. The molecule has 0 saturated heterocycles. The number of carbonyl (C=O) groups excluding carboxylic acids is 2. The van der Waals surface area contributed by atoms with Gasteiger partial charge in [-0.1, -0.05) is 11.6 Å². The smallest absolute Gasteiger partial charge is 0.328 e. The van der Waals surface area contributed by atoms with Gasteiger partial charge >= 0.3 is 5.97 Å². The normalized spacial score (nSPS) is 11.5. The third kappa shape index (κ3) is 5.21. The van der Waals surface area contributed by atoms with Crippen molar-refractivity contribution in [1.82, 2.24) is 5.32 Å². The number of thioether (sulfide) groups is 1. The van der Waals surface area contributed by atoms with Crippen molar-refractivity contribution in [2.24, 2.45) is 0 Å². The molecular formula is C15H20ClNO5S. The van der Waals surface area contributed by atoms with Crippen LogP contribution in [0.5, 0.6) is 11.5 Å². The third-order valence-electron chi connectivity index (χ3n) is 3.10. The summed E-state index contributed by atoms with van der Waals surface area (Å²) in [7, 11) is 4.19. The van der Waals surface area contributed by atoms with Crippen LogP contribution < -0.4 is 14.8 Å². The molecule has 1 N–H and O–H groups in total. The van der Waals surface area contributed by atoms with Gasteiger partial charge in [-0.2, -0.15) is 11.8 Å². The number of halogens is 1. The zero-order chi connectivity index (χ0) is 17.4. The molecule has 0 bridgehead atoms.